The number of carbonyl (C=O) groups excluding carboxylic acids is 1. The molecule has 0 amide bonds. The van der Waals surface area contributed by atoms with Crippen LogP contribution in [0.25, 0.3) is 0 Å². The van der Waals surface area contributed by atoms with Gasteiger partial charge in [0.15, 0.2) is 0 Å². The van der Waals surface area contributed by atoms with Gasteiger partial charge < -0.3 is 14.4 Å². The zero-order valence-corrected chi connectivity index (χ0v) is 10.3. The van der Waals surface area contributed by atoms with E-state index < -0.39 is 0 Å². The molecule has 4 heteroatoms. The Hall–Kier alpha value is -0.610. The molecular weight excluding hydrogens is 194 g/mol. The second kappa shape index (κ2) is 8.68. The van der Waals surface area contributed by atoms with Crippen LogP contribution in [0.15, 0.2) is 0 Å². The van der Waals surface area contributed by atoms with Crippen molar-refractivity contribution in [1.82, 2.24) is 4.90 Å². The molecule has 0 fully saturated rings. The van der Waals surface area contributed by atoms with Crippen molar-refractivity contribution in [2.45, 2.75) is 32.8 Å². The van der Waals surface area contributed by atoms with Crippen LogP contribution in [0.3, 0.4) is 0 Å². The predicted octanol–water partition coefficient (Wildman–Crippen LogP) is 1.30. The van der Waals surface area contributed by atoms with Gasteiger partial charge in [0.05, 0.1) is 19.8 Å². The number of rotatable bonds is 8. The summed E-state index contributed by atoms with van der Waals surface area (Å²) in [5.74, 6) is -0.137. The zero-order valence-electron chi connectivity index (χ0n) is 10.3. The zero-order chi connectivity index (χ0) is 11.7. The van der Waals surface area contributed by atoms with Crippen LogP contribution in [-0.2, 0) is 14.3 Å². The van der Waals surface area contributed by atoms with Crippen molar-refractivity contribution in [3.8, 4) is 0 Å². The normalized spacial score (nSPS) is 11.1. The Bertz CT molecular complexity index is 171. The van der Waals surface area contributed by atoms with E-state index in [-0.39, 0.29) is 12.1 Å². The Morgan fingerprint density at radius 2 is 2.00 bits per heavy atom. The Morgan fingerprint density at radius 3 is 2.53 bits per heavy atom. The van der Waals surface area contributed by atoms with Crippen LogP contribution in [0.5, 0.6) is 0 Å². The number of methoxy groups -OCH3 is 1. The molecule has 0 bridgehead atoms. The number of ether oxygens (including phenoxy) is 2. The lowest BCUT2D eigenvalue weighted by atomic mass is 10.3. The van der Waals surface area contributed by atoms with Crippen molar-refractivity contribution in [3.05, 3.63) is 0 Å². The lowest BCUT2D eigenvalue weighted by Gasteiger charge is -2.17. The summed E-state index contributed by atoms with van der Waals surface area (Å²) in [6.45, 7) is 6.59. The maximum atomic E-state index is 10.8. The Kier molecular flexibility index (Phi) is 8.33. The average Bonchev–Trinajstić information content (AvgIpc) is 2.17. The lowest BCUT2D eigenvalue weighted by molar-refractivity contribution is -0.140. The van der Waals surface area contributed by atoms with Crippen molar-refractivity contribution in [2.75, 3.05) is 33.9 Å². The molecular formula is C11H23NO3. The largest absolute Gasteiger partial charge is 0.469 e. The molecule has 0 aromatic carbocycles. The molecule has 0 atom stereocenters. The van der Waals surface area contributed by atoms with Crippen LogP contribution in [0.4, 0.5) is 0 Å². The van der Waals surface area contributed by atoms with Crippen LogP contribution in [0.2, 0.25) is 0 Å². The number of hydrogen-bond acceptors (Lipinski definition) is 4. The van der Waals surface area contributed by atoms with Gasteiger partial charge in [-0.15, -0.1) is 0 Å². The van der Waals surface area contributed by atoms with E-state index in [9.17, 15) is 4.79 Å². The van der Waals surface area contributed by atoms with E-state index in [1.165, 1.54) is 7.11 Å². The first kappa shape index (κ1) is 14.4. The van der Waals surface area contributed by atoms with E-state index in [0.29, 0.717) is 6.42 Å². The van der Waals surface area contributed by atoms with Crippen molar-refractivity contribution in [1.29, 1.82) is 0 Å². The molecule has 0 aromatic heterocycles. The number of esters is 1. The fourth-order valence-corrected chi connectivity index (χ4v) is 1.15. The van der Waals surface area contributed by atoms with E-state index in [1.807, 2.05) is 20.9 Å². The van der Waals surface area contributed by atoms with Crippen LogP contribution in [-0.4, -0.2) is 50.8 Å². The molecule has 0 saturated heterocycles. The molecule has 0 N–H and O–H groups in total. The SMILES string of the molecule is COC(=O)CCCN(C)CCOC(C)C. The molecule has 0 aliphatic carbocycles. The first-order valence-electron chi connectivity index (χ1n) is 5.43. The van der Waals surface area contributed by atoms with E-state index in [1.54, 1.807) is 0 Å². The van der Waals surface area contributed by atoms with Crippen molar-refractivity contribution >= 4 is 5.97 Å². The summed E-state index contributed by atoms with van der Waals surface area (Å²) in [5.41, 5.74) is 0. The lowest BCUT2D eigenvalue weighted by Crippen LogP contribution is -2.25. The van der Waals surface area contributed by atoms with Gasteiger partial charge in [0.2, 0.25) is 0 Å². The molecule has 0 radical (unpaired) electrons. The summed E-state index contributed by atoms with van der Waals surface area (Å²) in [7, 11) is 3.45. The summed E-state index contributed by atoms with van der Waals surface area (Å²) < 4.78 is 9.99. The fraction of sp³-hybridized carbons (Fsp3) is 0.909. The third-order valence-electron chi connectivity index (χ3n) is 2.07. The van der Waals surface area contributed by atoms with E-state index in [4.69, 9.17) is 4.74 Å². The first-order chi connectivity index (χ1) is 7.06. The van der Waals surface area contributed by atoms with Gasteiger partial charge >= 0.3 is 5.97 Å². The van der Waals surface area contributed by atoms with Gasteiger partial charge in [-0.05, 0) is 33.9 Å². The summed E-state index contributed by atoms with van der Waals surface area (Å²) in [5, 5.41) is 0. The minimum atomic E-state index is -0.137. The highest BCUT2D eigenvalue weighted by Gasteiger charge is 2.03. The second-order valence-corrected chi connectivity index (χ2v) is 3.90. The molecule has 0 aromatic rings. The molecule has 15 heavy (non-hydrogen) atoms. The Labute approximate surface area is 92.5 Å². The van der Waals surface area contributed by atoms with Gasteiger partial charge in [-0.25, -0.2) is 0 Å². The molecule has 0 saturated carbocycles. The number of hydrogen-bond donors (Lipinski definition) is 0. The van der Waals surface area contributed by atoms with Crippen LogP contribution in [0.1, 0.15) is 26.7 Å². The molecule has 0 rings (SSSR count). The minimum Gasteiger partial charge on any atom is -0.469 e. The number of likely N-dealkylation sites (N-methyl/N-ethyl adjacent to an activating group) is 1. The number of nitrogens with zero attached hydrogens (tertiary/aromatic N) is 1. The predicted molar refractivity (Wildman–Crippen MR) is 59.8 cm³/mol. The smallest absolute Gasteiger partial charge is 0.305 e. The van der Waals surface area contributed by atoms with Gasteiger partial charge in [-0.3, -0.25) is 4.79 Å². The standard InChI is InChI=1S/C11H23NO3/c1-10(2)15-9-8-12(3)7-5-6-11(13)14-4/h10H,5-9H2,1-4H3. The Morgan fingerprint density at radius 1 is 1.33 bits per heavy atom. The number of carbonyl (C=O) groups is 1. The molecule has 0 aliphatic heterocycles. The molecule has 4 nitrogen and oxygen atoms in total. The van der Waals surface area contributed by atoms with Crippen molar-refractivity contribution in [3.63, 3.8) is 0 Å². The van der Waals surface area contributed by atoms with E-state index in [0.717, 1.165) is 26.1 Å². The van der Waals surface area contributed by atoms with Gasteiger partial charge in [-0.1, -0.05) is 0 Å². The third-order valence-corrected chi connectivity index (χ3v) is 2.07. The molecule has 0 unspecified atom stereocenters. The van der Waals surface area contributed by atoms with Gasteiger partial charge in [0.25, 0.3) is 0 Å². The second-order valence-electron chi connectivity index (χ2n) is 3.90. The van der Waals surface area contributed by atoms with E-state index in [2.05, 4.69) is 9.64 Å². The van der Waals surface area contributed by atoms with Gasteiger partial charge in [-0.2, -0.15) is 0 Å². The maximum Gasteiger partial charge on any atom is 0.305 e. The topological polar surface area (TPSA) is 38.8 Å². The summed E-state index contributed by atoms with van der Waals surface area (Å²) >= 11 is 0. The van der Waals surface area contributed by atoms with Crippen LogP contribution >= 0.6 is 0 Å². The maximum absolute atomic E-state index is 10.8. The highest BCUT2D eigenvalue weighted by atomic mass is 16.5. The summed E-state index contributed by atoms with van der Waals surface area (Å²) in [6, 6.07) is 0. The summed E-state index contributed by atoms with van der Waals surface area (Å²) in [4.78, 5) is 13.0. The fourth-order valence-electron chi connectivity index (χ4n) is 1.15. The quantitative estimate of drug-likeness (QED) is 0.574. The van der Waals surface area contributed by atoms with Gasteiger partial charge in [0.1, 0.15) is 0 Å². The third kappa shape index (κ3) is 9.69. The Balaban J connectivity index is 3.33. The highest BCUT2D eigenvalue weighted by molar-refractivity contribution is 5.69. The molecule has 0 heterocycles. The first-order valence-corrected chi connectivity index (χ1v) is 5.43. The van der Waals surface area contributed by atoms with Crippen LogP contribution < -0.4 is 0 Å². The average molecular weight is 217 g/mol. The minimum absolute atomic E-state index is 0.137. The molecule has 0 aliphatic rings. The van der Waals surface area contributed by atoms with E-state index >= 15 is 0 Å². The van der Waals surface area contributed by atoms with Gasteiger partial charge in [0, 0.05) is 13.0 Å². The van der Waals surface area contributed by atoms with Crippen molar-refractivity contribution < 1.29 is 14.3 Å². The highest BCUT2D eigenvalue weighted by Crippen LogP contribution is 1.95. The van der Waals surface area contributed by atoms with Crippen LogP contribution in [0, 0.1) is 0 Å². The monoisotopic (exact) mass is 217 g/mol. The van der Waals surface area contributed by atoms with Crippen molar-refractivity contribution in [2.24, 2.45) is 0 Å². The summed E-state index contributed by atoms with van der Waals surface area (Å²) in [6.07, 6.45) is 1.62. The molecule has 90 valence electrons. The molecule has 0 spiro atoms.